The molecule has 0 atom stereocenters. The van der Waals surface area contributed by atoms with Crippen LogP contribution in [0.3, 0.4) is 0 Å². The van der Waals surface area contributed by atoms with Crippen molar-refractivity contribution in [3.05, 3.63) is 47.9 Å². The van der Waals surface area contributed by atoms with Gasteiger partial charge in [0.2, 0.25) is 0 Å². The Morgan fingerprint density at radius 2 is 1.68 bits per heavy atom. The van der Waals surface area contributed by atoms with Crippen LogP contribution in [0.25, 0.3) is 0 Å². The van der Waals surface area contributed by atoms with Gasteiger partial charge in [0.05, 0.1) is 0 Å². The molecule has 6 heteroatoms. The molecule has 1 amide bonds. The molecule has 4 N–H and O–H groups in total. The summed E-state index contributed by atoms with van der Waals surface area (Å²) in [7, 11) is 0. The van der Waals surface area contributed by atoms with E-state index >= 15 is 0 Å². The van der Waals surface area contributed by atoms with Crippen LogP contribution in [0.15, 0.2) is 40.8 Å². The van der Waals surface area contributed by atoms with E-state index in [-0.39, 0.29) is 16.8 Å². The smallest absolute Gasteiger partial charge is 0.291 e. The fourth-order valence-corrected chi connectivity index (χ4v) is 1.65. The van der Waals surface area contributed by atoms with Crippen LogP contribution in [-0.4, -0.2) is 11.0 Å². The molecule has 0 saturated heterocycles. The van der Waals surface area contributed by atoms with E-state index in [0.717, 1.165) is 5.69 Å². The third-order valence-corrected chi connectivity index (χ3v) is 2.48. The zero-order valence-electron chi connectivity index (χ0n) is 10.3. The van der Waals surface area contributed by atoms with E-state index in [1.807, 2.05) is 0 Å². The fourth-order valence-electron chi connectivity index (χ4n) is 1.53. The maximum absolute atomic E-state index is 11.8. The summed E-state index contributed by atoms with van der Waals surface area (Å²) < 4.78 is 5.24. The Hall–Kier alpha value is -2.34. The van der Waals surface area contributed by atoms with Crippen LogP contribution >= 0.6 is 12.2 Å². The van der Waals surface area contributed by atoms with Crippen LogP contribution in [0, 0.1) is 6.92 Å². The van der Waals surface area contributed by atoms with Gasteiger partial charge in [-0.1, -0.05) is 0 Å². The highest BCUT2D eigenvalue weighted by Gasteiger charge is 2.09. The summed E-state index contributed by atoms with van der Waals surface area (Å²) in [5.41, 5.74) is 6.78. The molecule has 1 aromatic heterocycles. The van der Waals surface area contributed by atoms with Gasteiger partial charge in [-0.3, -0.25) is 4.79 Å². The van der Waals surface area contributed by atoms with Crippen LogP contribution in [0.1, 0.15) is 16.3 Å². The number of thiocarbonyl (C=S) groups is 1. The third kappa shape index (κ3) is 3.56. The van der Waals surface area contributed by atoms with Gasteiger partial charge >= 0.3 is 0 Å². The molecular formula is C13H13N3O2S. The predicted molar refractivity (Wildman–Crippen MR) is 78.2 cm³/mol. The number of amides is 1. The lowest BCUT2D eigenvalue weighted by Gasteiger charge is -2.06. The molecule has 5 nitrogen and oxygen atoms in total. The van der Waals surface area contributed by atoms with Crippen molar-refractivity contribution in [2.24, 2.45) is 5.73 Å². The van der Waals surface area contributed by atoms with Crippen LogP contribution in [0.2, 0.25) is 0 Å². The van der Waals surface area contributed by atoms with Crippen molar-refractivity contribution in [1.82, 2.24) is 0 Å². The van der Waals surface area contributed by atoms with Gasteiger partial charge in [0.1, 0.15) is 5.76 Å². The molecule has 1 aromatic carbocycles. The van der Waals surface area contributed by atoms with Gasteiger partial charge in [0.15, 0.2) is 10.9 Å². The molecule has 1 heterocycles. The number of nitrogens with one attached hydrogen (secondary N) is 2. The number of hydrogen-bond donors (Lipinski definition) is 3. The Morgan fingerprint density at radius 1 is 1.11 bits per heavy atom. The molecule has 2 rings (SSSR count). The Labute approximate surface area is 115 Å². The summed E-state index contributed by atoms with van der Waals surface area (Å²) in [5.74, 6) is 0.687. The van der Waals surface area contributed by atoms with Crippen LogP contribution in [0.4, 0.5) is 11.4 Å². The number of nitrogens with two attached hydrogens (primary N) is 1. The zero-order valence-corrected chi connectivity index (χ0v) is 11.1. The number of aryl methyl sites for hydroxylation is 1. The molecule has 0 fully saturated rings. The van der Waals surface area contributed by atoms with E-state index < -0.39 is 0 Å². The lowest BCUT2D eigenvalue weighted by Crippen LogP contribution is -2.18. The van der Waals surface area contributed by atoms with Gasteiger partial charge in [-0.25, -0.2) is 0 Å². The average molecular weight is 275 g/mol. The topological polar surface area (TPSA) is 80.3 Å². The van der Waals surface area contributed by atoms with E-state index in [0.29, 0.717) is 11.4 Å². The van der Waals surface area contributed by atoms with Crippen LogP contribution in [0.5, 0.6) is 0 Å². The second-order valence-electron chi connectivity index (χ2n) is 3.93. The molecule has 0 aliphatic rings. The van der Waals surface area contributed by atoms with Gasteiger partial charge < -0.3 is 20.8 Å². The maximum atomic E-state index is 11.8. The SMILES string of the molecule is Cc1ccc(C(=O)Nc2ccc(NC(N)=S)cc2)o1. The molecule has 0 unspecified atom stereocenters. The second kappa shape index (κ2) is 5.53. The first kappa shape index (κ1) is 13.1. The zero-order chi connectivity index (χ0) is 13.8. The highest BCUT2D eigenvalue weighted by molar-refractivity contribution is 7.80. The lowest BCUT2D eigenvalue weighted by molar-refractivity contribution is 0.0995. The van der Waals surface area contributed by atoms with Crippen molar-refractivity contribution in [2.45, 2.75) is 6.92 Å². The molecule has 0 aliphatic carbocycles. The first-order chi connectivity index (χ1) is 9.04. The summed E-state index contributed by atoms with van der Waals surface area (Å²) in [6.45, 7) is 1.78. The van der Waals surface area contributed by atoms with Gasteiger partial charge in [0, 0.05) is 11.4 Å². The van der Waals surface area contributed by atoms with Crippen molar-refractivity contribution < 1.29 is 9.21 Å². The molecule has 0 bridgehead atoms. The van der Waals surface area contributed by atoms with Gasteiger partial charge in [-0.2, -0.15) is 0 Å². The molecule has 98 valence electrons. The summed E-state index contributed by atoms with van der Waals surface area (Å²) in [6, 6.07) is 10.4. The Morgan fingerprint density at radius 3 is 2.16 bits per heavy atom. The minimum atomic E-state index is -0.289. The summed E-state index contributed by atoms with van der Waals surface area (Å²) in [5, 5.41) is 5.72. The Kier molecular flexibility index (Phi) is 3.82. The van der Waals surface area contributed by atoms with Crippen LogP contribution < -0.4 is 16.4 Å². The van der Waals surface area contributed by atoms with Gasteiger partial charge in [-0.05, 0) is 55.5 Å². The number of carbonyl (C=O) groups excluding carboxylic acids is 1. The number of rotatable bonds is 3. The molecule has 0 spiro atoms. The molecular weight excluding hydrogens is 262 g/mol. The molecule has 19 heavy (non-hydrogen) atoms. The minimum absolute atomic E-state index is 0.197. The van der Waals surface area contributed by atoms with Gasteiger partial charge in [-0.15, -0.1) is 0 Å². The number of carbonyl (C=O) groups is 1. The van der Waals surface area contributed by atoms with E-state index in [1.165, 1.54) is 0 Å². The quantitative estimate of drug-likeness (QED) is 0.750. The summed E-state index contributed by atoms with van der Waals surface area (Å²) in [6.07, 6.45) is 0. The molecule has 0 saturated carbocycles. The highest BCUT2D eigenvalue weighted by atomic mass is 32.1. The largest absolute Gasteiger partial charge is 0.456 e. The normalized spacial score (nSPS) is 9.95. The Bertz CT molecular complexity index is 605. The van der Waals surface area contributed by atoms with Crippen molar-refractivity contribution in [3.8, 4) is 0 Å². The number of furan rings is 1. The van der Waals surface area contributed by atoms with Crippen LogP contribution in [-0.2, 0) is 0 Å². The van der Waals surface area contributed by atoms with E-state index in [9.17, 15) is 4.79 Å². The first-order valence-corrected chi connectivity index (χ1v) is 6.00. The van der Waals surface area contributed by atoms with E-state index in [2.05, 4.69) is 10.6 Å². The van der Waals surface area contributed by atoms with E-state index in [1.54, 1.807) is 43.3 Å². The maximum Gasteiger partial charge on any atom is 0.291 e. The Balaban J connectivity index is 2.03. The van der Waals surface area contributed by atoms with Crippen molar-refractivity contribution in [1.29, 1.82) is 0 Å². The molecule has 0 aliphatic heterocycles. The minimum Gasteiger partial charge on any atom is -0.456 e. The fraction of sp³-hybridized carbons (Fsp3) is 0.0769. The first-order valence-electron chi connectivity index (χ1n) is 5.59. The molecule has 2 aromatic rings. The van der Waals surface area contributed by atoms with Crippen molar-refractivity contribution in [2.75, 3.05) is 10.6 Å². The average Bonchev–Trinajstić information content (AvgIpc) is 2.78. The van der Waals surface area contributed by atoms with E-state index in [4.69, 9.17) is 22.4 Å². The predicted octanol–water partition coefficient (Wildman–Crippen LogP) is 2.50. The second-order valence-corrected chi connectivity index (χ2v) is 4.37. The molecule has 0 radical (unpaired) electrons. The van der Waals surface area contributed by atoms with Crippen molar-refractivity contribution in [3.63, 3.8) is 0 Å². The monoisotopic (exact) mass is 275 g/mol. The lowest BCUT2D eigenvalue weighted by atomic mass is 10.2. The standard InChI is InChI=1S/C13H13N3O2S/c1-8-2-7-11(18-8)12(17)15-9-3-5-10(6-4-9)16-13(14)19/h2-7H,1H3,(H,15,17)(H3,14,16,19). The third-order valence-electron chi connectivity index (χ3n) is 2.37. The summed E-state index contributed by atoms with van der Waals surface area (Å²) >= 11 is 4.73. The van der Waals surface area contributed by atoms with Gasteiger partial charge in [0.25, 0.3) is 5.91 Å². The van der Waals surface area contributed by atoms with Crippen molar-refractivity contribution >= 4 is 34.6 Å². The number of benzene rings is 1. The summed E-state index contributed by atoms with van der Waals surface area (Å²) in [4.78, 5) is 11.8. The highest BCUT2D eigenvalue weighted by Crippen LogP contribution is 2.15. The number of anilines is 2. The number of hydrogen-bond acceptors (Lipinski definition) is 3.